The minimum atomic E-state index is 0.0553. The summed E-state index contributed by atoms with van der Waals surface area (Å²) in [4.78, 5) is 0. The molecule has 0 saturated carbocycles. The van der Waals surface area contributed by atoms with Crippen LogP contribution in [0, 0.1) is 12.8 Å². The quantitative estimate of drug-likeness (QED) is 0.842. The van der Waals surface area contributed by atoms with Crippen molar-refractivity contribution >= 4 is 0 Å². The molecule has 102 valence electrons. The maximum Gasteiger partial charge on any atom is 0.161 e. The Morgan fingerprint density at radius 2 is 1.72 bits per heavy atom. The van der Waals surface area contributed by atoms with E-state index in [4.69, 9.17) is 15.2 Å². The molecule has 0 fully saturated rings. The van der Waals surface area contributed by atoms with Crippen LogP contribution in [0.3, 0.4) is 0 Å². The maximum atomic E-state index is 6.29. The molecule has 2 atom stereocenters. The topological polar surface area (TPSA) is 44.5 Å². The molecule has 1 rings (SSSR count). The Balaban J connectivity index is 3.01. The van der Waals surface area contributed by atoms with Gasteiger partial charge in [0.1, 0.15) is 0 Å². The van der Waals surface area contributed by atoms with Crippen molar-refractivity contribution in [1.82, 2.24) is 0 Å². The Kier molecular flexibility index (Phi) is 5.48. The molecule has 0 aliphatic rings. The van der Waals surface area contributed by atoms with E-state index in [0.717, 1.165) is 35.5 Å². The van der Waals surface area contributed by atoms with Gasteiger partial charge in [-0.15, -0.1) is 0 Å². The van der Waals surface area contributed by atoms with Crippen LogP contribution in [0.5, 0.6) is 11.5 Å². The van der Waals surface area contributed by atoms with E-state index >= 15 is 0 Å². The van der Waals surface area contributed by atoms with Crippen molar-refractivity contribution < 1.29 is 9.47 Å². The standard InChI is InChI=1S/C15H25NO2/c1-6-10(2)7-13(16)12-9-15(18-5)14(17-4)8-11(12)3/h8-10,13H,6-7,16H2,1-5H3. The fourth-order valence-corrected chi connectivity index (χ4v) is 2.12. The van der Waals surface area contributed by atoms with Crippen LogP contribution in [-0.2, 0) is 0 Å². The fourth-order valence-electron chi connectivity index (χ4n) is 2.12. The molecule has 0 aliphatic carbocycles. The number of methoxy groups -OCH3 is 2. The van der Waals surface area contributed by atoms with Crippen molar-refractivity contribution in [3.63, 3.8) is 0 Å². The van der Waals surface area contributed by atoms with Gasteiger partial charge >= 0.3 is 0 Å². The molecule has 0 saturated heterocycles. The molecule has 1 aromatic carbocycles. The van der Waals surface area contributed by atoms with Crippen LogP contribution >= 0.6 is 0 Å². The summed E-state index contributed by atoms with van der Waals surface area (Å²) in [6.45, 7) is 6.49. The van der Waals surface area contributed by atoms with Crippen molar-refractivity contribution in [3.05, 3.63) is 23.3 Å². The molecule has 0 aromatic heterocycles. The number of hydrogen-bond acceptors (Lipinski definition) is 3. The summed E-state index contributed by atoms with van der Waals surface area (Å²) < 4.78 is 10.6. The van der Waals surface area contributed by atoms with E-state index in [2.05, 4.69) is 20.8 Å². The zero-order valence-electron chi connectivity index (χ0n) is 12.1. The highest BCUT2D eigenvalue weighted by atomic mass is 16.5. The lowest BCUT2D eigenvalue weighted by Gasteiger charge is -2.20. The van der Waals surface area contributed by atoms with Crippen LogP contribution < -0.4 is 15.2 Å². The van der Waals surface area contributed by atoms with Gasteiger partial charge in [0.25, 0.3) is 0 Å². The highest BCUT2D eigenvalue weighted by Gasteiger charge is 2.15. The Morgan fingerprint density at radius 1 is 1.17 bits per heavy atom. The van der Waals surface area contributed by atoms with E-state index < -0.39 is 0 Å². The lowest BCUT2D eigenvalue weighted by Crippen LogP contribution is -2.15. The number of aryl methyl sites for hydroxylation is 1. The van der Waals surface area contributed by atoms with Crippen molar-refractivity contribution in [3.8, 4) is 11.5 Å². The zero-order chi connectivity index (χ0) is 13.7. The first kappa shape index (κ1) is 14.8. The monoisotopic (exact) mass is 251 g/mol. The van der Waals surface area contributed by atoms with Gasteiger partial charge < -0.3 is 15.2 Å². The molecule has 0 amide bonds. The predicted octanol–water partition coefficient (Wildman–Crippen LogP) is 3.45. The minimum Gasteiger partial charge on any atom is -0.493 e. The second-order valence-corrected chi connectivity index (χ2v) is 4.92. The highest BCUT2D eigenvalue weighted by Crippen LogP contribution is 2.34. The molecule has 0 radical (unpaired) electrons. The molecular formula is C15H25NO2. The van der Waals surface area contributed by atoms with Gasteiger partial charge in [-0.25, -0.2) is 0 Å². The van der Waals surface area contributed by atoms with E-state index in [9.17, 15) is 0 Å². The first-order valence-corrected chi connectivity index (χ1v) is 6.51. The van der Waals surface area contributed by atoms with Gasteiger partial charge in [0.15, 0.2) is 11.5 Å². The molecule has 0 heterocycles. The van der Waals surface area contributed by atoms with E-state index in [1.165, 1.54) is 0 Å². The van der Waals surface area contributed by atoms with E-state index in [-0.39, 0.29) is 6.04 Å². The average molecular weight is 251 g/mol. The molecule has 3 nitrogen and oxygen atoms in total. The molecular weight excluding hydrogens is 226 g/mol. The summed E-state index contributed by atoms with van der Waals surface area (Å²) >= 11 is 0. The maximum absolute atomic E-state index is 6.29. The Hall–Kier alpha value is -1.22. The number of rotatable bonds is 6. The first-order chi connectivity index (χ1) is 8.53. The summed E-state index contributed by atoms with van der Waals surface area (Å²) in [5, 5.41) is 0. The van der Waals surface area contributed by atoms with Crippen molar-refractivity contribution in [2.45, 2.75) is 39.7 Å². The Bertz CT molecular complexity index is 390. The lowest BCUT2D eigenvalue weighted by atomic mass is 9.92. The molecule has 3 heteroatoms. The largest absolute Gasteiger partial charge is 0.493 e. The summed E-state index contributed by atoms with van der Waals surface area (Å²) in [6, 6.07) is 4.05. The Labute approximate surface area is 110 Å². The first-order valence-electron chi connectivity index (χ1n) is 6.51. The second-order valence-electron chi connectivity index (χ2n) is 4.92. The average Bonchev–Trinajstić information content (AvgIpc) is 2.37. The lowest BCUT2D eigenvalue weighted by molar-refractivity contribution is 0.353. The predicted molar refractivity (Wildman–Crippen MR) is 75.3 cm³/mol. The Morgan fingerprint density at radius 3 is 2.22 bits per heavy atom. The van der Waals surface area contributed by atoms with Crippen LogP contribution in [0.25, 0.3) is 0 Å². The smallest absolute Gasteiger partial charge is 0.161 e. The minimum absolute atomic E-state index is 0.0553. The van der Waals surface area contributed by atoms with Gasteiger partial charge in [-0.1, -0.05) is 20.3 Å². The normalized spacial score (nSPS) is 14.1. The van der Waals surface area contributed by atoms with Gasteiger partial charge in [-0.2, -0.15) is 0 Å². The van der Waals surface area contributed by atoms with Crippen LogP contribution in [0.1, 0.15) is 43.9 Å². The summed E-state index contributed by atoms with van der Waals surface area (Å²) in [7, 11) is 3.30. The zero-order valence-corrected chi connectivity index (χ0v) is 12.1. The van der Waals surface area contributed by atoms with Crippen molar-refractivity contribution in [1.29, 1.82) is 0 Å². The molecule has 2 N–H and O–H groups in total. The third-order valence-corrected chi connectivity index (χ3v) is 3.52. The van der Waals surface area contributed by atoms with Crippen LogP contribution in [-0.4, -0.2) is 14.2 Å². The number of nitrogens with two attached hydrogens (primary N) is 1. The van der Waals surface area contributed by atoms with Crippen LogP contribution in [0.4, 0.5) is 0 Å². The highest BCUT2D eigenvalue weighted by molar-refractivity contribution is 5.48. The molecule has 2 unspecified atom stereocenters. The molecule has 0 aliphatic heterocycles. The molecule has 0 bridgehead atoms. The van der Waals surface area contributed by atoms with Crippen LogP contribution in [0.2, 0.25) is 0 Å². The second kappa shape index (κ2) is 6.64. The third-order valence-electron chi connectivity index (χ3n) is 3.52. The SMILES string of the molecule is CCC(C)CC(N)c1cc(OC)c(OC)cc1C. The van der Waals surface area contributed by atoms with E-state index in [0.29, 0.717) is 5.92 Å². The van der Waals surface area contributed by atoms with E-state index in [1.807, 2.05) is 12.1 Å². The molecule has 0 spiro atoms. The number of ether oxygens (including phenoxy) is 2. The van der Waals surface area contributed by atoms with Gasteiger partial charge in [-0.05, 0) is 42.5 Å². The van der Waals surface area contributed by atoms with Crippen molar-refractivity contribution in [2.75, 3.05) is 14.2 Å². The molecule has 1 aromatic rings. The van der Waals surface area contributed by atoms with E-state index in [1.54, 1.807) is 14.2 Å². The number of benzene rings is 1. The van der Waals surface area contributed by atoms with Gasteiger partial charge in [0, 0.05) is 6.04 Å². The van der Waals surface area contributed by atoms with Crippen LogP contribution in [0.15, 0.2) is 12.1 Å². The molecule has 18 heavy (non-hydrogen) atoms. The third kappa shape index (κ3) is 3.39. The van der Waals surface area contributed by atoms with Gasteiger partial charge in [0.05, 0.1) is 14.2 Å². The summed E-state index contributed by atoms with van der Waals surface area (Å²) in [5.74, 6) is 2.14. The van der Waals surface area contributed by atoms with Gasteiger partial charge in [0.2, 0.25) is 0 Å². The number of hydrogen-bond donors (Lipinski definition) is 1. The fraction of sp³-hybridized carbons (Fsp3) is 0.600. The summed E-state index contributed by atoms with van der Waals surface area (Å²) in [5.41, 5.74) is 8.59. The van der Waals surface area contributed by atoms with Gasteiger partial charge in [-0.3, -0.25) is 0 Å². The summed E-state index contributed by atoms with van der Waals surface area (Å²) in [6.07, 6.45) is 2.15. The van der Waals surface area contributed by atoms with Crippen molar-refractivity contribution in [2.24, 2.45) is 11.7 Å².